The number of benzene rings is 2. The highest BCUT2D eigenvalue weighted by atomic mass is 19.3. The fourth-order valence-corrected chi connectivity index (χ4v) is 4.63. The number of carbonyl (C=O) groups excluding carboxylic acids is 1. The number of carbonyl (C=O) groups is 1. The van der Waals surface area contributed by atoms with Gasteiger partial charge in [-0.2, -0.15) is 8.78 Å². The first-order valence-corrected chi connectivity index (χ1v) is 9.49. The van der Waals surface area contributed by atoms with Gasteiger partial charge in [0.05, 0.1) is 5.56 Å². The molecule has 2 heterocycles. The number of nitrogens with zero attached hydrogens (tertiary/aromatic N) is 1. The monoisotopic (exact) mass is 371 g/mol. The van der Waals surface area contributed by atoms with E-state index in [1.54, 1.807) is 18.2 Å². The third kappa shape index (κ3) is 3.88. The maximum absolute atomic E-state index is 13.0. The Morgan fingerprint density at radius 1 is 1.00 bits per heavy atom. The smallest absolute Gasteiger partial charge is 0.387 e. The van der Waals surface area contributed by atoms with Crippen LogP contribution in [0.4, 0.5) is 8.78 Å². The molecule has 0 aromatic heterocycles. The van der Waals surface area contributed by atoms with Crippen LogP contribution < -0.4 is 4.74 Å². The molecule has 3 nitrogen and oxygen atoms in total. The van der Waals surface area contributed by atoms with E-state index < -0.39 is 6.61 Å². The SMILES string of the molecule is O=C(c1ccccc1OC(F)F)C1CC2CCC(C1)N2Cc1ccccc1. The molecule has 2 aliphatic heterocycles. The number of alkyl halides is 2. The van der Waals surface area contributed by atoms with Crippen LogP contribution in [0.5, 0.6) is 5.75 Å². The highest BCUT2D eigenvalue weighted by molar-refractivity contribution is 6.00. The van der Waals surface area contributed by atoms with Crippen molar-refractivity contribution >= 4 is 5.78 Å². The summed E-state index contributed by atoms with van der Waals surface area (Å²) in [6.45, 7) is -2.02. The minimum atomic E-state index is -2.93. The molecule has 2 fully saturated rings. The Balaban J connectivity index is 1.48. The number of hydrogen-bond acceptors (Lipinski definition) is 3. The van der Waals surface area contributed by atoms with Gasteiger partial charge < -0.3 is 4.74 Å². The van der Waals surface area contributed by atoms with Crippen LogP contribution in [-0.2, 0) is 6.54 Å². The minimum Gasteiger partial charge on any atom is -0.434 e. The lowest BCUT2D eigenvalue weighted by molar-refractivity contribution is -0.0502. The van der Waals surface area contributed by atoms with Gasteiger partial charge in [-0.25, -0.2) is 0 Å². The van der Waals surface area contributed by atoms with Gasteiger partial charge in [-0.3, -0.25) is 9.69 Å². The summed E-state index contributed by atoms with van der Waals surface area (Å²) in [5, 5.41) is 0. The van der Waals surface area contributed by atoms with E-state index in [1.165, 1.54) is 11.6 Å². The maximum Gasteiger partial charge on any atom is 0.387 e. The summed E-state index contributed by atoms with van der Waals surface area (Å²) < 4.78 is 29.9. The van der Waals surface area contributed by atoms with Crippen LogP contribution >= 0.6 is 0 Å². The topological polar surface area (TPSA) is 29.5 Å². The summed E-state index contributed by atoms with van der Waals surface area (Å²) in [5.74, 6) is -0.212. The second-order valence-electron chi connectivity index (χ2n) is 7.45. The molecule has 27 heavy (non-hydrogen) atoms. The molecule has 4 rings (SSSR count). The molecule has 2 aliphatic rings. The fourth-order valence-electron chi connectivity index (χ4n) is 4.63. The van der Waals surface area contributed by atoms with Crippen molar-refractivity contribution in [2.75, 3.05) is 0 Å². The van der Waals surface area contributed by atoms with Crippen LogP contribution in [0.1, 0.15) is 41.6 Å². The zero-order chi connectivity index (χ0) is 18.8. The molecule has 142 valence electrons. The third-order valence-corrected chi connectivity index (χ3v) is 5.83. The van der Waals surface area contributed by atoms with Crippen molar-refractivity contribution < 1.29 is 18.3 Å². The molecule has 2 saturated heterocycles. The number of ketones is 1. The Labute approximate surface area is 157 Å². The molecular weight excluding hydrogens is 348 g/mol. The molecule has 0 aliphatic carbocycles. The van der Waals surface area contributed by atoms with Crippen molar-refractivity contribution in [3.05, 3.63) is 65.7 Å². The van der Waals surface area contributed by atoms with Crippen molar-refractivity contribution in [1.29, 1.82) is 0 Å². The lowest BCUT2D eigenvalue weighted by Gasteiger charge is -2.38. The molecule has 0 radical (unpaired) electrons. The Bertz CT molecular complexity index is 782. The summed E-state index contributed by atoms with van der Waals surface area (Å²) in [7, 11) is 0. The van der Waals surface area contributed by atoms with E-state index >= 15 is 0 Å². The molecule has 5 heteroatoms. The number of halogens is 2. The van der Waals surface area contributed by atoms with Gasteiger partial charge in [-0.05, 0) is 43.4 Å². The van der Waals surface area contributed by atoms with E-state index in [-0.39, 0.29) is 23.0 Å². The van der Waals surface area contributed by atoms with Gasteiger partial charge in [0.25, 0.3) is 0 Å². The van der Waals surface area contributed by atoms with E-state index in [2.05, 4.69) is 21.8 Å². The Morgan fingerprint density at radius 2 is 1.63 bits per heavy atom. The zero-order valence-electron chi connectivity index (χ0n) is 15.1. The number of fused-ring (bicyclic) bond motifs is 2. The highest BCUT2D eigenvalue weighted by Crippen LogP contribution is 2.41. The molecule has 0 spiro atoms. The van der Waals surface area contributed by atoms with Crippen LogP contribution in [-0.4, -0.2) is 29.4 Å². The lowest BCUT2D eigenvalue weighted by Crippen LogP contribution is -2.44. The summed E-state index contributed by atoms with van der Waals surface area (Å²) >= 11 is 0. The van der Waals surface area contributed by atoms with Gasteiger partial charge in [-0.15, -0.1) is 0 Å². The summed E-state index contributed by atoms with van der Waals surface area (Å²) in [5.41, 5.74) is 1.56. The number of hydrogen-bond donors (Lipinski definition) is 0. The second kappa shape index (κ2) is 7.77. The van der Waals surface area contributed by atoms with Crippen molar-refractivity contribution in [3.8, 4) is 5.75 Å². The molecule has 0 amide bonds. The highest BCUT2D eigenvalue weighted by Gasteiger charge is 2.43. The molecule has 2 unspecified atom stereocenters. The number of ether oxygens (including phenoxy) is 1. The van der Waals surface area contributed by atoms with Crippen LogP contribution in [0.25, 0.3) is 0 Å². The predicted molar refractivity (Wildman–Crippen MR) is 98.9 cm³/mol. The second-order valence-corrected chi connectivity index (χ2v) is 7.45. The average Bonchev–Trinajstić information content (AvgIpc) is 2.90. The molecule has 2 atom stereocenters. The lowest BCUT2D eigenvalue weighted by atomic mass is 9.84. The van der Waals surface area contributed by atoms with E-state index in [9.17, 15) is 13.6 Å². The minimum absolute atomic E-state index is 0.0171. The maximum atomic E-state index is 13.0. The van der Waals surface area contributed by atoms with Crippen LogP contribution in [0.15, 0.2) is 54.6 Å². The first-order chi connectivity index (χ1) is 13.1. The van der Waals surface area contributed by atoms with E-state index in [0.29, 0.717) is 12.1 Å². The third-order valence-electron chi connectivity index (χ3n) is 5.83. The van der Waals surface area contributed by atoms with E-state index in [0.717, 1.165) is 32.2 Å². The summed E-state index contributed by atoms with van der Waals surface area (Å²) in [6, 6.07) is 17.5. The van der Waals surface area contributed by atoms with Crippen LogP contribution in [0.3, 0.4) is 0 Å². The van der Waals surface area contributed by atoms with Gasteiger partial charge in [0.2, 0.25) is 0 Å². The molecule has 0 saturated carbocycles. The van der Waals surface area contributed by atoms with Crippen LogP contribution in [0.2, 0.25) is 0 Å². The first-order valence-electron chi connectivity index (χ1n) is 9.49. The Hall–Kier alpha value is -2.27. The largest absolute Gasteiger partial charge is 0.434 e. The van der Waals surface area contributed by atoms with E-state index in [4.69, 9.17) is 0 Å². The first kappa shape index (κ1) is 18.1. The summed E-state index contributed by atoms with van der Waals surface area (Å²) in [6.07, 6.45) is 3.75. The molecule has 2 bridgehead atoms. The number of para-hydroxylation sites is 1. The van der Waals surface area contributed by atoms with Crippen molar-refractivity contribution in [2.45, 2.75) is 50.9 Å². The predicted octanol–water partition coefficient (Wildman–Crippen LogP) is 4.91. The fraction of sp³-hybridized carbons (Fsp3) is 0.409. The van der Waals surface area contributed by atoms with Gasteiger partial charge in [0, 0.05) is 24.5 Å². The molecule has 2 aromatic carbocycles. The normalized spacial score (nSPS) is 24.9. The van der Waals surface area contributed by atoms with Gasteiger partial charge in [0.15, 0.2) is 5.78 Å². The number of piperidine rings is 1. The van der Waals surface area contributed by atoms with Crippen molar-refractivity contribution in [3.63, 3.8) is 0 Å². The van der Waals surface area contributed by atoms with Gasteiger partial charge in [0.1, 0.15) is 5.75 Å². The van der Waals surface area contributed by atoms with Crippen molar-refractivity contribution in [1.82, 2.24) is 4.90 Å². The van der Waals surface area contributed by atoms with E-state index in [1.807, 2.05) is 18.2 Å². The summed E-state index contributed by atoms with van der Waals surface area (Å²) in [4.78, 5) is 15.6. The number of Topliss-reactive ketones (excluding diaryl/α,β-unsaturated/α-hetero) is 1. The van der Waals surface area contributed by atoms with Gasteiger partial charge >= 0.3 is 6.61 Å². The van der Waals surface area contributed by atoms with Crippen molar-refractivity contribution in [2.24, 2.45) is 5.92 Å². The molecule has 0 N–H and O–H groups in total. The van der Waals surface area contributed by atoms with Crippen LogP contribution in [0, 0.1) is 5.92 Å². The molecular formula is C22H23F2NO2. The van der Waals surface area contributed by atoms with Gasteiger partial charge in [-0.1, -0.05) is 42.5 Å². The quantitative estimate of drug-likeness (QED) is 0.676. The average molecular weight is 371 g/mol. The zero-order valence-corrected chi connectivity index (χ0v) is 15.1. The number of rotatable bonds is 6. The Morgan fingerprint density at radius 3 is 2.30 bits per heavy atom. The Kier molecular flexibility index (Phi) is 5.21. The molecule has 2 aromatic rings. The standard InChI is InChI=1S/C22H23F2NO2/c23-22(24)27-20-9-5-4-8-19(20)21(26)16-12-17-10-11-18(13-16)25(17)14-15-6-2-1-3-7-15/h1-9,16-18,22H,10-14H2.